The fourth-order valence-electron chi connectivity index (χ4n) is 4.99. The zero-order valence-corrected chi connectivity index (χ0v) is 24.7. The van der Waals surface area contributed by atoms with Crippen LogP contribution in [0.15, 0.2) is 79.1 Å². The first-order valence-electron chi connectivity index (χ1n) is 13.8. The van der Waals surface area contributed by atoms with Gasteiger partial charge in [-0.25, -0.2) is 0 Å². The van der Waals surface area contributed by atoms with Crippen molar-refractivity contribution in [3.05, 3.63) is 112 Å². The van der Waals surface area contributed by atoms with E-state index in [9.17, 15) is 29.7 Å². The van der Waals surface area contributed by atoms with Crippen LogP contribution in [0.3, 0.4) is 0 Å². The molecule has 0 saturated heterocycles. The molecule has 0 aliphatic heterocycles. The first-order valence-corrected chi connectivity index (χ1v) is 14.2. The Morgan fingerprint density at radius 3 is 2.52 bits per heavy atom. The molecule has 10 nitrogen and oxygen atoms in total. The van der Waals surface area contributed by atoms with Crippen LogP contribution >= 0.6 is 11.6 Å². The maximum atomic E-state index is 14.3. The van der Waals surface area contributed by atoms with Crippen LogP contribution in [0.25, 0.3) is 10.9 Å². The van der Waals surface area contributed by atoms with Crippen LogP contribution < -0.4 is 10.6 Å². The Kier molecular flexibility index (Phi) is 9.15. The second-order valence-electron chi connectivity index (χ2n) is 10.3. The third kappa shape index (κ3) is 6.31. The summed E-state index contributed by atoms with van der Waals surface area (Å²) in [6.07, 6.45) is 2.98. The number of hydrogen-bond acceptors (Lipinski definition) is 9. The highest BCUT2D eigenvalue weighted by Gasteiger charge is 2.37. The molecule has 0 amide bonds. The summed E-state index contributed by atoms with van der Waals surface area (Å²) in [6, 6.07) is 21.0. The van der Waals surface area contributed by atoms with Crippen LogP contribution in [-0.4, -0.2) is 39.5 Å². The van der Waals surface area contributed by atoms with Crippen molar-refractivity contribution in [1.82, 2.24) is 20.0 Å². The van der Waals surface area contributed by atoms with Gasteiger partial charge in [-0.3, -0.25) is 4.98 Å². The predicted molar refractivity (Wildman–Crippen MR) is 168 cm³/mol. The molecule has 5 aromatic rings. The third-order valence-electron chi connectivity index (χ3n) is 7.32. The Morgan fingerprint density at radius 1 is 1.04 bits per heavy atom. The molecule has 226 valence electrons. The molecule has 0 aliphatic carbocycles. The molecule has 0 aliphatic rings. The molecule has 0 spiro atoms. The quantitative estimate of drug-likeness (QED) is 0.155. The van der Waals surface area contributed by atoms with Crippen molar-refractivity contribution in [1.29, 1.82) is 15.8 Å². The summed E-state index contributed by atoms with van der Waals surface area (Å²) in [5, 5.41) is 52.6. The number of anilines is 2. The molecule has 2 radical (unpaired) electrons. The van der Waals surface area contributed by atoms with Gasteiger partial charge >= 0.3 is 6.05 Å². The van der Waals surface area contributed by atoms with Gasteiger partial charge in [0.1, 0.15) is 26.2 Å². The number of nitriles is 3. The van der Waals surface area contributed by atoms with Gasteiger partial charge in [-0.05, 0) is 41.8 Å². The second-order valence-corrected chi connectivity index (χ2v) is 10.7. The number of rotatable bonds is 11. The Labute approximate surface area is 268 Å². The van der Waals surface area contributed by atoms with E-state index in [4.69, 9.17) is 19.4 Å². The minimum absolute atomic E-state index is 0.158. The zero-order chi connectivity index (χ0) is 32.9. The van der Waals surface area contributed by atoms with Crippen LogP contribution in [-0.2, 0) is 11.5 Å². The van der Waals surface area contributed by atoms with Crippen molar-refractivity contribution >= 4 is 41.7 Å². The van der Waals surface area contributed by atoms with E-state index in [-0.39, 0.29) is 44.6 Å². The van der Waals surface area contributed by atoms with E-state index in [0.717, 1.165) is 11.8 Å². The number of nitrogens with one attached hydrogen (secondary N) is 2. The second kappa shape index (κ2) is 13.2. The summed E-state index contributed by atoms with van der Waals surface area (Å²) in [5.41, 5.74) is 0.704. The van der Waals surface area contributed by atoms with Gasteiger partial charge < -0.3 is 15.7 Å². The number of halogens is 3. The smallest absolute Gasteiger partial charge is 0.367 e. The molecular formula is C32H23BClF2N9O. The summed E-state index contributed by atoms with van der Waals surface area (Å²) in [7, 11) is 6.89. The minimum atomic E-state index is -3.76. The molecular weight excluding hydrogens is 611 g/mol. The van der Waals surface area contributed by atoms with Gasteiger partial charge in [0.05, 0.1) is 57.2 Å². The summed E-state index contributed by atoms with van der Waals surface area (Å²) < 4.78 is 28.8. The maximum Gasteiger partial charge on any atom is 0.367 e. The summed E-state index contributed by atoms with van der Waals surface area (Å²) in [5.74, 6) is 0. The molecule has 3 aromatic carbocycles. The van der Waals surface area contributed by atoms with E-state index in [1.54, 1.807) is 24.3 Å². The van der Waals surface area contributed by atoms with Gasteiger partial charge in [-0.15, -0.1) is 5.10 Å². The molecule has 3 N–H and O–H groups in total. The average molecular weight is 634 g/mol. The molecule has 2 atom stereocenters. The van der Waals surface area contributed by atoms with Crippen molar-refractivity contribution in [2.45, 2.75) is 30.4 Å². The van der Waals surface area contributed by atoms with Crippen LogP contribution in [0.2, 0.25) is 5.02 Å². The third-order valence-corrected chi connectivity index (χ3v) is 7.61. The number of nitrogens with zero attached hydrogens (tertiary/aromatic N) is 7. The Morgan fingerprint density at radius 2 is 1.83 bits per heavy atom. The normalized spacial score (nSPS) is 13.2. The number of fused-ring (bicyclic) bond motifs is 1. The van der Waals surface area contributed by atoms with Gasteiger partial charge in [-0.1, -0.05) is 59.3 Å². The van der Waals surface area contributed by atoms with Gasteiger partial charge in [0, 0.05) is 23.7 Å². The monoisotopic (exact) mass is 633 g/mol. The van der Waals surface area contributed by atoms with Crippen molar-refractivity contribution in [3.8, 4) is 18.2 Å². The zero-order valence-electron chi connectivity index (χ0n) is 24.0. The number of aliphatic hydroxyl groups is 1. The summed E-state index contributed by atoms with van der Waals surface area (Å²) in [6.45, 7) is -1.52. The van der Waals surface area contributed by atoms with E-state index in [1.807, 2.05) is 36.4 Å². The fourth-order valence-corrected chi connectivity index (χ4v) is 5.25. The standard InChI is InChI=1S/C32H23BClF2N9O/c33-32(23-9-4-6-20(12-23)15-38,28-18-45(44-43-28)31(35,36)19-46)42-24-13-25-29(22(16-39)17-40-30(25)26(34)14-24)41-27(10-5-11-37)21-7-2-1-3-8-21/h1-4,6-9,12-14,17-18,27,42,46H,5,10,19H2,(H,40,41)/t27-,32?/m1/s1. The lowest BCUT2D eigenvalue weighted by Gasteiger charge is -2.32. The fraction of sp³-hybridized carbons (Fsp3) is 0.188. The summed E-state index contributed by atoms with van der Waals surface area (Å²) >= 11 is 6.72. The number of benzene rings is 3. The SMILES string of the molecule is [B]C(Nc1cc(Cl)c2ncc(C#N)c(N[C@H](CCC#N)c3ccccc3)c2c1)(c1cccc(C#N)c1)c1cn(C(F)(F)CO)nn1. The van der Waals surface area contributed by atoms with Crippen molar-refractivity contribution in [3.63, 3.8) is 0 Å². The molecule has 1 unspecified atom stereocenters. The number of alkyl halides is 2. The highest BCUT2D eigenvalue weighted by molar-refractivity contribution is 6.36. The van der Waals surface area contributed by atoms with Crippen molar-refractivity contribution < 1.29 is 13.9 Å². The molecule has 0 bridgehead atoms. The van der Waals surface area contributed by atoms with Crippen molar-refractivity contribution in [2.75, 3.05) is 17.2 Å². The topological polar surface area (TPSA) is 159 Å². The first kappa shape index (κ1) is 31.9. The molecule has 0 fully saturated rings. The Bertz CT molecular complexity index is 2020. The lowest BCUT2D eigenvalue weighted by atomic mass is 9.69. The number of pyridine rings is 1. The molecule has 0 saturated carbocycles. The number of hydrogen-bond donors (Lipinski definition) is 3. The summed E-state index contributed by atoms with van der Waals surface area (Å²) in [4.78, 5) is 4.40. The van der Waals surface area contributed by atoms with Gasteiger partial charge in [-0.2, -0.15) is 29.2 Å². The molecule has 2 heterocycles. The van der Waals surface area contributed by atoms with Gasteiger partial charge in [0.2, 0.25) is 0 Å². The van der Waals surface area contributed by atoms with Gasteiger partial charge in [0.15, 0.2) is 0 Å². The Hall–Kier alpha value is -5.55. The number of aromatic nitrogens is 4. The van der Waals surface area contributed by atoms with Gasteiger partial charge in [0.25, 0.3) is 0 Å². The lowest BCUT2D eigenvalue weighted by Crippen LogP contribution is -2.38. The Balaban J connectivity index is 1.66. The van der Waals surface area contributed by atoms with Crippen LogP contribution in [0.4, 0.5) is 20.2 Å². The highest BCUT2D eigenvalue weighted by atomic mass is 35.5. The largest absolute Gasteiger partial charge is 0.388 e. The van der Waals surface area contributed by atoms with E-state index in [1.165, 1.54) is 18.3 Å². The minimum Gasteiger partial charge on any atom is -0.388 e. The highest BCUT2D eigenvalue weighted by Crippen LogP contribution is 2.38. The van der Waals surface area contributed by atoms with E-state index < -0.39 is 18.1 Å². The van der Waals surface area contributed by atoms with E-state index in [2.05, 4.69) is 38.1 Å². The van der Waals surface area contributed by atoms with E-state index >= 15 is 0 Å². The van der Waals surface area contributed by atoms with E-state index in [0.29, 0.717) is 28.7 Å². The lowest BCUT2D eigenvalue weighted by molar-refractivity contribution is -0.131. The number of aliphatic hydroxyl groups excluding tert-OH is 1. The molecule has 46 heavy (non-hydrogen) atoms. The molecule has 14 heteroatoms. The van der Waals surface area contributed by atoms with Crippen LogP contribution in [0.1, 0.15) is 46.8 Å². The molecule has 5 rings (SSSR count). The van der Waals surface area contributed by atoms with Crippen LogP contribution in [0.5, 0.6) is 0 Å². The van der Waals surface area contributed by atoms with Crippen molar-refractivity contribution in [2.24, 2.45) is 0 Å². The maximum absolute atomic E-state index is 14.3. The predicted octanol–water partition coefficient (Wildman–Crippen LogP) is 5.70. The average Bonchev–Trinajstić information content (AvgIpc) is 3.59. The first-order chi connectivity index (χ1) is 22.1. The van der Waals surface area contributed by atoms with Crippen LogP contribution in [0, 0.1) is 34.0 Å². The molecule has 2 aromatic heterocycles.